The first-order valence-corrected chi connectivity index (χ1v) is 18.7. The number of anilines is 3. The second-order valence-electron chi connectivity index (χ2n) is 16.7. The lowest BCUT2D eigenvalue weighted by atomic mass is 9.70. The quantitative estimate of drug-likeness (QED) is 0.194. The van der Waals surface area contributed by atoms with Crippen molar-refractivity contribution in [3.8, 4) is 11.3 Å². The zero-order valence-electron chi connectivity index (χ0n) is 31.2. The Morgan fingerprint density at radius 3 is 2.50 bits per heavy atom. The lowest BCUT2D eigenvalue weighted by molar-refractivity contribution is -0.124. The third kappa shape index (κ3) is 5.39. The van der Waals surface area contributed by atoms with E-state index in [9.17, 15) is 9.59 Å². The number of hydrogen-bond acceptors (Lipinski definition) is 7. The molecule has 12 heteroatoms. The summed E-state index contributed by atoms with van der Waals surface area (Å²) in [4.78, 5) is 46.1. The molecule has 8 rings (SSSR count). The fraction of sp³-hybridized carbons (Fsp3) is 0.525. The highest BCUT2D eigenvalue weighted by Gasteiger charge is 2.57. The molecule has 2 amide bonds. The summed E-state index contributed by atoms with van der Waals surface area (Å²) in [5.41, 5.74) is 3.47. The van der Waals surface area contributed by atoms with Crippen molar-refractivity contribution in [3.63, 3.8) is 0 Å². The summed E-state index contributed by atoms with van der Waals surface area (Å²) < 4.78 is 32.7. The highest BCUT2D eigenvalue weighted by atomic mass is 19.2. The molecule has 10 nitrogen and oxygen atoms in total. The van der Waals surface area contributed by atoms with E-state index >= 15 is 8.78 Å². The minimum absolute atomic E-state index is 0.0138. The molecule has 0 radical (unpaired) electrons. The Kier molecular flexibility index (Phi) is 8.02. The number of hydrogen-bond donors (Lipinski definition) is 2. The summed E-state index contributed by atoms with van der Waals surface area (Å²) in [6.45, 7) is 16.0. The number of nitrogens with one attached hydrogen (secondary N) is 2. The van der Waals surface area contributed by atoms with Crippen LogP contribution in [0.5, 0.6) is 0 Å². The summed E-state index contributed by atoms with van der Waals surface area (Å²) in [6.07, 6.45) is 10.5. The fourth-order valence-electron chi connectivity index (χ4n) is 8.90. The lowest BCUT2D eigenvalue weighted by Gasteiger charge is -2.56. The van der Waals surface area contributed by atoms with Crippen LogP contribution in [-0.2, 0) is 10.2 Å². The number of benzene rings is 1. The third-order valence-corrected chi connectivity index (χ3v) is 12.3. The molecule has 4 aromatic rings. The second-order valence-corrected chi connectivity index (χ2v) is 16.7. The molecular formula is C40H48F2N8O2. The number of pyridine rings is 2. The van der Waals surface area contributed by atoms with E-state index in [1.807, 2.05) is 49.3 Å². The number of carbonyl (C=O) groups is 2. The number of halogens is 2. The van der Waals surface area contributed by atoms with E-state index in [0.717, 1.165) is 30.8 Å². The van der Waals surface area contributed by atoms with Gasteiger partial charge in [-0.15, -0.1) is 0 Å². The van der Waals surface area contributed by atoms with Crippen LogP contribution in [0.4, 0.5) is 26.0 Å². The Hall–Kier alpha value is -4.45. The van der Waals surface area contributed by atoms with Crippen molar-refractivity contribution >= 4 is 40.0 Å². The van der Waals surface area contributed by atoms with Crippen LogP contribution in [-0.4, -0.2) is 67.4 Å². The van der Waals surface area contributed by atoms with E-state index in [4.69, 9.17) is 9.97 Å². The fourth-order valence-corrected chi connectivity index (χ4v) is 8.90. The second kappa shape index (κ2) is 12.0. The molecule has 3 aromatic heterocycles. The van der Waals surface area contributed by atoms with Crippen LogP contribution in [0.3, 0.4) is 0 Å². The van der Waals surface area contributed by atoms with Crippen molar-refractivity contribution < 1.29 is 18.4 Å². The predicted molar refractivity (Wildman–Crippen MR) is 198 cm³/mol. The molecule has 1 spiro atoms. The van der Waals surface area contributed by atoms with Crippen LogP contribution in [0.25, 0.3) is 22.3 Å². The van der Waals surface area contributed by atoms with E-state index in [1.54, 1.807) is 19.4 Å². The predicted octanol–water partition coefficient (Wildman–Crippen LogP) is 7.58. The first kappa shape index (κ1) is 34.6. The largest absolute Gasteiger partial charge is 0.352 e. The Morgan fingerprint density at radius 2 is 1.81 bits per heavy atom. The Bertz CT molecular complexity index is 2130. The van der Waals surface area contributed by atoms with E-state index in [0.29, 0.717) is 34.3 Å². The van der Waals surface area contributed by atoms with Gasteiger partial charge in [0.2, 0.25) is 5.91 Å². The number of carbonyl (C=O) groups excluding carboxylic acids is 2. The molecule has 1 saturated heterocycles. The molecule has 0 bridgehead atoms. The summed E-state index contributed by atoms with van der Waals surface area (Å²) in [7, 11) is 0. The molecule has 1 aromatic carbocycles. The summed E-state index contributed by atoms with van der Waals surface area (Å²) in [6, 6.07) is 5.21. The number of rotatable bonds is 8. The van der Waals surface area contributed by atoms with E-state index in [-0.39, 0.29) is 46.2 Å². The van der Waals surface area contributed by atoms with E-state index < -0.39 is 23.0 Å². The summed E-state index contributed by atoms with van der Waals surface area (Å²) >= 11 is 0. The van der Waals surface area contributed by atoms with Crippen molar-refractivity contribution in [2.45, 2.75) is 110 Å². The van der Waals surface area contributed by atoms with Gasteiger partial charge in [-0.2, -0.15) is 0 Å². The van der Waals surface area contributed by atoms with Crippen molar-refractivity contribution in [3.05, 3.63) is 59.2 Å². The lowest BCUT2D eigenvalue weighted by Crippen LogP contribution is -2.64. The number of fused-ring (bicyclic) bond motifs is 2. The van der Waals surface area contributed by atoms with Crippen molar-refractivity contribution in [1.29, 1.82) is 0 Å². The van der Waals surface area contributed by atoms with Gasteiger partial charge in [0, 0.05) is 53.6 Å². The van der Waals surface area contributed by atoms with Crippen molar-refractivity contribution in [1.82, 2.24) is 29.7 Å². The first-order chi connectivity index (χ1) is 24.7. The SMILES string of the molecule is CCNC(=O)c1cc(Nc2nc(-c3cnc4c(c3)N([C@H]3C[C@@](C)(N5CCCC6(CC6)C5)C3)C(=O)C4(C)C)cc3ncn(C(C)C)c23)c(F)c(F)c1C. The van der Waals surface area contributed by atoms with Gasteiger partial charge in [-0.1, -0.05) is 0 Å². The van der Waals surface area contributed by atoms with Crippen LogP contribution in [0.1, 0.15) is 108 Å². The normalized spacial score (nSPS) is 23.3. The zero-order valence-corrected chi connectivity index (χ0v) is 31.2. The Morgan fingerprint density at radius 1 is 1.06 bits per heavy atom. The van der Waals surface area contributed by atoms with Gasteiger partial charge in [0.1, 0.15) is 5.52 Å². The average Bonchev–Trinajstić information content (AvgIpc) is 3.62. The third-order valence-electron chi connectivity index (χ3n) is 12.3. The highest BCUT2D eigenvalue weighted by Crippen LogP contribution is 2.56. The molecule has 52 heavy (non-hydrogen) atoms. The molecule has 4 aliphatic rings. The molecule has 2 N–H and O–H groups in total. The zero-order chi connectivity index (χ0) is 36.9. The number of nitrogens with zero attached hydrogens (tertiary/aromatic N) is 6. The molecule has 3 fully saturated rings. The van der Waals surface area contributed by atoms with Gasteiger partial charge in [0.15, 0.2) is 17.5 Å². The smallest absolute Gasteiger partial charge is 0.251 e. The standard InChI is InChI=1S/C40H48F2N8O2/c1-8-43-36(51)26-15-28(32(42)31(41)23(26)4)47-35-33-29(45-21-49(33)22(2)3)16-27(46-35)24-14-30-34(44-19-24)38(5,6)37(52)50(30)25-17-39(7,18-25)48-13-9-10-40(20-48)11-12-40/h14-16,19,21-22,25H,8-13,17-18,20H2,1-7H3,(H,43,51)(H,46,47)/t25-,39+. The monoisotopic (exact) mass is 710 g/mol. The topological polar surface area (TPSA) is 108 Å². The van der Waals surface area contributed by atoms with Crippen LogP contribution in [0, 0.1) is 24.0 Å². The Labute approximate surface area is 303 Å². The molecular weight excluding hydrogens is 662 g/mol. The minimum atomic E-state index is -1.11. The van der Waals surface area contributed by atoms with Gasteiger partial charge in [-0.05, 0) is 117 Å². The number of likely N-dealkylation sites (tertiary alicyclic amines) is 1. The highest BCUT2D eigenvalue weighted by molar-refractivity contribution is 6.08. The number of imidazole rings is 1. The molecule has 2 aliphatic carbocycles. The van der Waals surface area contributed by atoms with E-state index in [1.165, 1.54) is 45.2 Å². The Balaban J connectivity index is 1.17. The van der Waals surface area contributed by atoms with Crippen molar-refractivity contribution in [2.75, 3.05) is 29.9 Å². The maximum absolute atomic E-state index is 15.5. The summed E-state index contributed by atoms with van der Waals surface area (Å²) in [5.74, 6) is -2.41. The van der Waals surface area contributed by atoms with Gasteiger partial charge in [-0.3, -0.25) is 19.5 Å². The van der Waals surface area contributed by atoms with Crippen molar-refractivity contribution in [2.24, 2.45) is 5.41 Å². The van der Waals surface area contributed by atoms with Gasteiger partial charge in [-0.25, -0.2) is 18.7 Å². The van der Waals surface area contributed by atoms with Gasteiger partial charge >= 0.3 is 0 Å². The molecule has 2 aliphatic heterocycles. The number of aromatic nitrogens is 4. The number of piperidine rings is 1. The van der Waals surface area contributed by atoms with Crippen LogP contribution >= 0.6 is 0 Å². The van der Waals surface area contributed by atoms with Crippen LogP contribution in [0.2, 0.25) is 0 Å². The van der Waals surface area contributed by atoms with Gasteiger partial charge in [0.05, 0.1) is 40.0 Å². The maximum Gasteiger partial charge on any atom is 0.251 e. The molecule has 274 valence electrons. The first-order valence-electron chi connectivity index (χ1n) is 18.7. The number of amides is 2. The molecule has 2 saturated carbocycles. The average molecular weight is 711 g/mol. The van der Waals surface area contributed by atoms with E-state index in [2.05, 4.69) is 27.4 Å². The molecule has 0 unspecified atom stereocenters. The maximum atomic E-state index is 15.5. The molecule has 0 atom stereocenters. The van der Waals surface area contributed by atoms with Crippen LogP contribution < -0.4 is 15.5 Å². The van der Waals surface area contributed by atoms with Gasteiger partial charge in [0.25, 0.3) is 5.91 Å². The minimum Gasteiger partial charge on any atom is -0.352 e. The van der Waals surface area contributed by atoms with Crippen LogP contribution in [0.15, 0.2) is 30.7 Å². The molecule has 5 heterocycles. The van der Waals surface area contributed by atoms with Gasteiger partial charge < -0.3 is 20.1 Å². The summed E-state index contributed by atoms with van der Waals surface area (Å²) in [5, 5.41) is 5.70.